The van der Waals surface area contributed by atoms with E-state index >= 15 is 0 Å². The number of aryl methyl sites for hydroxylation is 1. The first-order chi connectivity index (χ1) is 14.1. The Morgan fingerprint density at radius 2 is 1.59 bits per heavy atom. The van der Waals surface area contributed by atoms with Gasteiger partial charge in [0.1, 0.15) is 0 Å². The van der Waals surface area contributed by atoms with Crippen LogP contribution in [-0.4, -0.2) is 16.6 Å². The van der Waals surface area contributed by atoms with Gasteiger partial charge in [-0.3, -0.25) is 4.79 Å². The van der Waals surface area contributed by atoms with E-state index in [1.54, 1.807) is 0 Å². The van der Waals surface area contributed by atoms with Crippen molar-refractivity contribution in [3.63, 3.8) is 0 Å². The fourth-order valence-corrected chi connectivity index (χ4v) is 3.17. The van der Waals surface area contributed by atoms with Crippen molar-refractivity contribution in [2.75, 3.05) is 0 Å². The first kappa shape index (κ1) is 18.6. The minimum absolute atomic E-state index is 0.257. The number of hydrogen-bond donors (Lipinski definition) is 1. The summed E-state index contributed by atoms with van der Waals surface area (Å²) in [6, 6.07) is 27.4. The highest BCUT2D eigenvalue weighted by atomic mass is 16.2. The van der Waals surface area contributed by atoms with Gasteiger partial charge in [-0.1, -0.05) is 78.4 Å². The van der Waals surface area contributed by atoms with E-state index < -0.39 is 0 Å². The van der Waals surface area contributed by atoms with Crippen molar-refractivity contribution < 1.29 is 4.79 Å². The number of aromatic nitrogens is 1. The number of nitrogens with one attached hydrogen (secondary N) is 1. The van der Waals surface area contributed by atoms with Crippen LogP contribution >= 0.6 is 0 Å². The zero-order valence-electron chi connectivity index (χ0n) is 16.4. The summed E-state index contributed by atoms with van der Waals surface area (Å²) in [7, 11) is 0. The third-order valence-electron chi connectivity index (χ3n) is 4.82. The van der Waals surface area contributed by atoms with E-state index in [2.05, 4.69) is 10.5 Å². The molecule has 0 aliphatic heterocycles. The lowest BCUT2D eigenvalue weighted by atomic mass is 10.0. The number of rotatable bonds is 4. The van der Waals surface area contributed by atoms with Gasteiger partial charge in [-0.25, -0.2) is 10.4 Å². The fraction of sp³-hybridized carbons (Fsp3) is 0.0800. The molecule has 1 heterocycles. The summed E-state index contributed by atoms with van der Waals surface area (Å²) in [5.41, 5.74) is 8.65. The number of benzene rings is 3. The first-order valence-corrected chi connectivity index (χ1v) is 9.49. The van der Waals surface area contributed by atoms with Crippen molar-refractivity contribution in [2.45, 2.75) is 13.8 Å². The van der Waals surface area contributed by atoms with Crippen molar-refractivity contribution in [3.8, 4) is 11.3 Å². The number of carbonyl (C=O) groups excluding carboxylic acids is 1. The van der Waals surface area contributed by atoms with Gasteiger partial charge in [-0.2, -0.15) is 5.10 Å². The van der Waals surface area contributed by atoms with E-state index in [9.17, 15) is 4.79 Å². The van der Waals surface area contributed by atoms with E-state index in [1.807, 2.05) is 98.8 Å². The van der Waals surface area contributed by atoms with Gasteiger partial charge in [0.2, 0.25) is 0 Å². The van der Waals surface area contributed by atoms with Crippen LogP contribution in [0.4, 0.5) is 0 Å². The molecule has 0 unspecified atom stereocenters. The standard InChI is InChI=1S/C25H21N3O/c1-17-12-14-20(15-13-17)24-16-22(21-10-6-7-11-23(21)26-24)25(29)28-27-18(2)19-8-4-3-5-9-19/h3-16H,1-2H3,(H,28,29)/b27-18+. The average molecular weight is 379 g/mol. The summed E-state index contributed by atoms with van der Waals surface area (Å²) in [5, 5.41) is 5.09. The Morgan fingerprint density at radius 1 is 0.897 bits per heavy atom. The molecule has 1 N–H and O–H groups in total. The molecule has 0 aliphatic carbocycles. The fourth-order valence-electron chi connectivity index (χ4n) is 3.17. The van der Waals surface area contributed by atoms with E-state index in [4.69, 9.17) is 4.98 Å². The Kier molecular flexibility index (Phi) is 5.16. The SMILES string of the molecule is C/C(=N\NC(=O)c1cc(-c2ccc(C)cc2)nc2ccccc12)c1ccccc1. The van der Waals surface area contributed by atoms with E-state index in [-0.39, 0.29) is 5.91 Å². The highest BCUT2D eigenvalue weighted by Gasteiger charge is 2.14. The molecule has 0 aliphatic rings. The van der Waals surface area contributed by atoms with Gasteiger partial charge in [-0.15, -0.1) is 0 Å². The van der Waals surface area contributed by atoms with Gasteiger partial charge in [0.05, 0.1) is 22.5 Å². The van der Waals surface area contributed by atoms with Crippen LogP contribution in [0.15, 0.2) is 90.0 Å². The molecular weight excluding hydrogens is 358 g/mol. The highest BCUT2D eigenvalue weighted by molar-refractivity contribution is 6.08. The normalized spacial score (nSPS) is 11.4. The second-order valence-corrected chi connectivity index (χ2v) is 6.94. The smallest absolute Gasteiger partial charge is 0.267 e. The van der Waals surface area contributed by atoms with Crippen molar-refractivity contribution in [1.82, 2.24) is 10.4 Å². The van der Waals surface area contributed by atoms with Crippen LogP contribution < -0.4 is 5.43 Å². The van der Waals surface area contributed by atoms with Crippen LogP contribution in [0.3, 0.4) is 0 Å². The quantitative estimate of drug-likeness (QED) is 0.383. The lowest BCUT2D eigenvalue weighted by Gasteiger charge is -2.10. The third kappa shape index (κ3) is 4.06. The Hall–Kier alpha value is -3.79. The highest BCUT2D eigenvalue weighted by Crippen LogP contribution is 2.25. The zero-order chi connectivity index (χ0) is 20.2. The van der Waals surface area contributed by atoms with Gasteiger partial charge in [0.25, 0.3) is 5.91 Å². The van der Waals surface area contributed by atoms with Crippen molar-refractivity contribution in [2.24, 2.45) is 5.10 Å². The van der Waals surface area contributed by atoms with Crippen LogP contribution in [-0.2, 0) is 0 Å². The van der Waals surface area contributed by atoms with Crippen molar-refractivity contribution in [1.29, 1.82) is 0 Å². The summed E-state index contributed by atoms with van der Waals surface area (Å²) in [4.78, 5) is 17.7. The molecule has 3 aromatic carbocycles. The van der Waals surface area contributed by atoms with Crippen molar-refractivity contribution >= 4 is 22.5 Å². The predicted octanol–water partition coefficient (Wildman–Crippen LogP) is 5.36. The molecule has 0 radical (unpaired) electrons. The number of carbonyl (C=O) groups is 1. The third-order valence-corrected chi connectivity index (χ3v) is 4.82. The van der Waals surface area contributed by atoms with Gasteiger partial charge >= 0.3 is 0 Å². The molecule has 0 saturated carbocycles. The van der Waals surface area contributed by atoms with Crippen LogP contribution in [0.1, 0.15) is 28.4 Å². The average Bonchev–Trinajstić information content (AvgIpc) is 2.77. The van der Waals surface area contributed by atoms with Gasteiger partial charge in [0, 0.05) is 10.9 Å². The van der Waals surface area contributed by atoms with E-state index in [0.29, 0.717) is 5.56 Å². The molecule has 4 nitrogen and oxygen atoms in total. The first-order valence-electron chi connectivity index (χ1n) is 9.49. The topological polar surface area (TPSA) is 54.4 Å². The molecule has 4 heteroatoms. The molecule has 4 rings (SSSR count). The van der Waals surface area contributed by atoms with Gasteiger partial charge < -0.3 is 0 Å². The second kappa shape index (κ2) is 8.07. The summed E-state index contributed by atoms with van der Waals surface area (Å²) in [5.74, 6) is -0.257. The van der Waals surface area contributed by atoms with Crippen LogP contribution in [0, 0.1) is 6.92 Å². The Labute approximate surface area is 169 Å². The lowest BCUT2D eigenvalue weighted by molar-refractivity contribution is 0.0956. The van der Waals surface area contributed by atoms with E-state index in [0.717, 1.165) is 33.4 Å². The molecule has 0 saturated heterocycles. The lowest BCUT2D eigenvalue weighted by Crippen LogP contribution is -2.20. The largest absolute Gasteiger partial charge is 0.272 e. The predicted molar refractivity (Wildman–Crippen MR) is 118 cm³/mol. The summed E-state index contributed by atoms with van der Waals surface area (Å²) in [6.45, 7) is 3.92. The van der Waals surface area contributed by atoms with E-state index in [1.165, 1.54) is 5.56 Å². The van der Waals surface area contributed by atoms with Gasteiger partial charge in [0.15, 0.2) is 0 Å². The second-order valence-electron chi connectivity index (χ2n) is 6.94. The number of hydrogen-bond acceptors (Lipinski definition) is 3. The monoisotopic (exact) mass is 379 g/mol. The minimum atomic E-state index is -0.257. The molecule has 0 bridgehead atoms. The Balaban J connectivity index is 1.72. The number of para-hydroxylation sites is 1. The molecule has 29 heavy (non-hydrogen) atoms. The molecule has 142 valence electrons. The Bertz CT molecular complexity index is 1200. The van der Waals surface area contributed by atoms with Gasteiger partial charge in [-0.05, 0) is 31.5 Å². The maximum atomic E-state index is 13.0. The zero-order valence-corrected chi connectivity index (χ0v) is 16.4. The number of nitrogens with zero attached hydrogens (tertiary/aromatic N) is 2. The Morgan fingerprint density at radius 3 is 2.34 bits per heavy atom. The maximum Gasteiger partial charge on any atom is 0.272 e. The summed E-state index contributed by atoms with van der Waals surface area (Å²) < 4.78 is 0. The van der Waals surface area contributed by atoms with Crippen LogP contribution in [0.5, 0.6) is 0 Å². The van der Waals surface area contributed by atoms with Crippen LogP contribution in [0.25, 0.3) is 22.2 Å². The maximum absolute atomic E-state index is 13.0. The number of hydrazone groups is 1. The minimum Gasteiger partial charge on any atom is -0.267 e. The molecule has 1 amide bonds. The molecule has 0 atom stereocenters. The number of fused-ring (bicyclic) bond motifs is 1. The number of amides is 1. The number of pyridine rings is 1. The molecule has 0 fully saturated rings. The van der Waals surface area contributed by atoms with Crippen molar-refractivity contribution in [3.05, 3.63) is 102 Å². The van der Waals surface area contributed by atoms with Crippen LogP contribution in [0.2, 0.25) is 0 Å². The summed E-state index contributed by atoms with van der Waals surface area (Å²) in [6.07, 6.45) is 0. The molecule has 0 spiro atoms. The molecular formula is C25H21N3O. The summed E-state index contributed by atoms with van der Waals surface area (Å²) >= 11 is 0. The molecule has 4 aromatic rings. The molecule has 1 aromatic heterocycles.